The van der Waals surface area contributed by atoms with Crippen molar-refractivity contribution in [2.75, 3.05) is 26.4 Å². The number of hydrogen-bond acceptors (Lipinski definition) is 8. The van der Waals surface area contributed by atoms with Gasteiger partial charge >= 0.3 is 19.8 Å². The minimum Gasteiger partial charge on any atom is -0.462 e. The monoisotopic (exact) mass is 742 g/mol. The third-order valence-electron chi connectivity index (χ3n) is 8.53. The minimum atomic E-state index is -4.38. The summed E-state index contributed by atoms with van der Waals surface area (Å²) in [5.74, 6) is -0.870. The number of rotatable bonds is 38. The number of carbonyl (C=O) groups excluding carboxylic acids is 2. The average molecular weight is 742 g/mol. The van der Waals surface area contributed by atoms with E-state index in [2.05, 4.69) is 50.3 Å². The van der Waals surface area contributed by atoms with Crippen molar-refractivity contribution in [3.05, 3.63) is 36.5 Å². The van der Waals surface area contributed by atoms with Gasteiger partial charge in [0.15, 0.2) is 6.10 Å². The van der Waals surface area contributed by atoms with Crippen LogP contribution in [0.2, 0.25) is 0 Å². The number of phosphoric ester groups is 1. The van der Waals surface area contributed by atoms with Crippen LogP contribution < -0.4 is 5.73 Å². The van der Waals surface area contributed by atoms with Gasteiger partial charge in [-0.2, -0.15) is 0 Å². The Hall–Kier alpha value is -1.77. The van der Waals surface area contributed by atoms with Crippen molar-refractivity contribution >= 4 is 19.8 Å². The van der Waals surface area contributed by atoms with Gasteiger partial charge in [0.2, 0.25) is 0 Å². The lowest BCUT2D eigenvalue weighted by molar-refractivity contribution is -0.161. The minimum absolute atomic E-state index is 0.0488. The van der Waals surface area contributed by atoms with E-state index in [9.17, 15) is 19.0 Å². The summed E-state index contributed by atoms with van der Waals surface area (Å²) in [4.78, 5) is 34.8. The predicted molar refractivity (Wildman–Crippen MR) is 210 cm³/mol. The molecule has 0 saturated carbocycles. The largest absolute Gasteiger partial charge is 0.472 e. The molecule has 2 atom stereocenters. The zero-order valence-corrected chi connectivity index (χ0v) is 33.5. The summed E-state index contributed by atoms with van der Waals surface area (Å²) in [5.41, 5.74) is 5.34. The molecule has 0 aliphatic heterocycles. The molecule has 0 radical (unpaired) electrons. The second kappa shape index (κ2) is 38.0. The van der Waals surface area contributed by atoms with Crippen LogP contribution in [0, 0.1) is 0 Å². The molecule has 3 N–H and O–H groups in total. The van der Waals surface area contributed by atoms with Crippen molar-refractivity contribution in [3.63, 3.8) is 0 Å². The molecule has 0 saturated heterocycles. The van der Waals surface area contributed by atoms with Crippen LogP contribution in [0.25, 0.3) is 0 Å². The van der Waals surface area contributed by atoms with E-state index in [-0.39, 0.29) is 32.6 Å². The molecule has 0 fully saturated rings. The maximum atomic E-state index is 12.5. The van der Waals surface area contributed by atoms with Gasteiger partial charge in [0.05, 0.1) is 13.2 Å². The van der Waals surface area contributed by atoms with Gasteiger partial charge in [0.1, 0.15) is 6.61 Å². The fourth-order valence-electron chi connectivity index (χ4n) is 5.46. The van der Waals surface area contributed by atoms with E-state index >= 15 is 0 Å². The lowest BCUT2D eigenvalue weighted by Crippen LogP contribution is -2.29. The van der Waals surface area contributed by atoms with Crippen molar-refractivity contribution in [1.82, 2.24) is 0 Å². The Balaban J connectivity index is 4.24. The maximum absolute atomic E-state index is 12.5. The molecular formula is C41H76NO8P. The Bertz CT molecular complexity index is 939. The Morgan fingerprint density at radius 3 is 1.55 bits per heavy atom. The first kappa shape index (κ1) is 49.2. The molecule has 0 heterocycles. The summed E-state index contributed by atoms with van der Waals surface area (Å²) in [6.45, 7) is 3.66. The number of unbranched alkanes of at least 4 members (excludes halogenated alkanes) is 19. The quantitative estimate of drug-likeness (QED) is 0.0274. The summed E-state index contributed by atoms with van der Waals surface area (Å²) >= 11 is 0. The topological polar surface area (TPSA) is 134 Å². The third-order valence-corrected chi connectivity index (χ3v) is 9.51. The van der Waals surface area contributed by atoms with Gasteiger partial charge in [-0.3, -0.25) is 18.6 Å². The molecule has 0 rings (SSSR count). The van der Waals surface area contributed by atoms with Crippen LogP contribution in [0.15, 0.2) is 36.5 Å². The van der Waals surface area contributed by atoms with Gasteiger partial charge in [-0.05, 0) is 51.4 Å². The highest BCUT2D eigenvalue weighted by Gasteiger charge is 2.25. The molecule has 1 unspecified atom stereocenters. The molecule has 0 aromatic carbocycles. The van der Waals surface area contributed by atoms with Gasteiger partial charge in [-0.1, -0.05) is 153 Å². The predicted octanol–water partition coefficient (Wildman–Crippen LogP) is 11.4. The summed E-state index contributed by atoms with van der Waals surface area (Å²) in [6.07, 6.45) is 40.3. The van der Waals surface area contributed by atoms with Crippen LogP contribution in [0.4, 0.5) is 0 Å². The zero-order valence-electron chi connectivity index (χ0n) is 32.6. The molecule has 0 bridgehead atoms. The molecular weight excluding hydrogens is 665 g/mol. The van der Waals surface area contributed by atoms with Crippen LogP contribution in [-0.4, -0.2) is 49.3 Å². The van der Waals surface area contributed by atoms with Crippen LogP contribution in [0.3, 0.4) is 0 Å². The second-order valence-corrected chi connectivity index (χ2v) is 15.0. The molecule has 0 aromatic heterocycles. The summed E-state index contributed by atoms with van der Waals surface area (Å²) in [5, 5.41) is 0. The third kappa shape index (κ3) is 37.8. The maximum Gasteiger partial charge on any atom is 0.472 e. The van der Waals surface area contributed by atoms with Crippen molar-refractivity contribution < 1.29 is 37.6 Å². The average Bonchev–Trinajstić information content (AvgIpc) is 3.11. The molecule has 0 aromatic rings. The van der Waals surface area contributed by atoms with E-state index in [0.717, 1.165) is 51.4 Å². The van der Waals surface area contributed by atoms with E-state index in [1.165, 1.54) is 89.9 Å². The molecule has 0 amide bonds. The van der Waals surface area contributed by atoms with Crippen LogP contribution in [0.5, 0.6) is 0 Å². The number of nitrogens with two attached hydrogens (primary N) is 1. The van der Waals surface area contributed by atoms with Crippen LogP contribution in [-0.2, 0) is 32.7 Å². The van der Waals surface area contributed by atoms with E-state index in [0.29, 0.717) is 12.8 Å². The van der Waals surface area contributed by atoms with Gasteiger partial charge in [0.25, 0.3) is 0 Å². The second-order valence-electron chi connectivity index (χ2n) is 13.5. The Labute approximate surface area is 312 Å². The van der Waals surface area contributed by atoms with Gasteiger partial charge in [-0.25, -0.2) is 4.57 Å². The van der Waals surface area contributed by atoms with E-state index < -0.39 is 32.5 Å². The number of phosphoric acid groups is 1. The fourth-order valence-corrected chi connectivity index (χ4v) is 6.23. The van der Waals surface area contributed by atoms with E-state index in [1.807, 2.05) is 0 Å². The van der Waals surface area contributed by atoms with Crippen molar-refractivity contribution in [2.24, 2.45) is 5.73 Å². The van der Waals surface area contributed by atoms with Gasteiger partial charge < -0.3 is 20.1 Å². The Kier molecular flexibility index (Phi) is 36.7. The van der Waals surface area contributed by atoms with Crippen molar-refractivity contribution in [3.8, 4) is 0 Å². The van der Waals surface area contributed by atoms with Gasteiger partial charge in [-0.15, -0.1) is 0 Å². The molecule has 9 nitrogen and oxygen atoms in total. The molecule has 0 spiro atoms. The van der Waals surface area contributed by atoms with E-state index in [1.54, 1.807) is 0 Å². The Morgan fingerprint density at radius 1 is 0.588 bits per heavy atom. The highest BCUT2D eigenvalue weighted by molar-refractivity contribution is 7.47. The first-order valence-electron chi connectivity index (χ1n) is 20.5. The Morgan fingerprint density at radius 2 is 1.02 bits per heavy atom. The number of carbonyl (C=O) groups is 2. The molecule has 51 heavy (non-hydrogen) atoms. The zero-order chi connectivity index (χ0) is 37.5. The first-order chi connectivity index (χ1) is 24.8. The van der Waals surface area contributed by atoms with Crippen LogP contribution in [0.1, 0.15) is 181 Å². The highest BCUT2D eigenvalue weighted by Crippen LogP contribution is 2.43. The van der Waals surface area contributed by atoms with Crippen LogP contribution >= 0.6 is 7.82 Å². The molecule has 0 aliphatic rings. The van der Waals surface area contributed by atoms with Crippen molar-refractivity contribution in [1.29, 1.82) is 0 Å². The smallest absolute Gasteiger partial charge is 0.462 e. The number of ether oxygens (including phenoxy) is 2. The summed E-state index contributed by atoms with van der Waals surface area (Å²) in [6, 6.07) is 0. The first-order valence-corrected chi connectivity index (χ1v) is 22.0. The highest BCUT2D eigenvalue weighted by atomic mass is 31.2. The number of hydrogen-bond donors (Lipinski definition) is 2. The fraction of sp³-hybridized carbons (Fsp3) is 0.805. The molecule has 0 aliphatic carbocycles. The summed E-state index contributed by atoms with van der Waals surface area (Å²) < 4.78 is 32.7. The van der Waals surface area contributed by atoms with E-state index in [4.69, 9.17) is 24.3 Å². The lowest BCUT2D eigenvalue weighted by Gasteiger charge is -2.19. The normalized spacial score (nSPS) is 13.7. The summed E-state index contributed by atoms with van der Waals surface area (Å²) in [7, 11) is -4.38. The van der Waals surface area contributed by atoms with Crippen molar-refractivity contribution in [2.45, 2.75) is 187 Å². The lowest BCUT2D eigenvalue weighted by atomic mass is 10.0. The van der Waals surface area contributed by atoms with Gasteiger partial charge in [0, 0.05) is 19.4 Å². The standard InChI is InChI=1S/C41H76NO8P/c1-3-5-7-9-11-13-15-17-19-21-23-25-27-29-31-33-40(43)47-37-39(38-49-51(45,46)48-36-35-42)50-41(44)34-32-30-28-26-24-22-20-18-16-14-12-10-8-6-4-2/h11,13,17,19,23,25,39H,3-10,12,14-16,18,20-22,24,26-38,42H2,1-2H3,(H,45,46)/b13-11-,19-17-,25-23-/t39-/m1/s1. The molecule has 10 heteroatoms. The number of allylic oxidation sites excluding steroid dienone is 6. The number of esters is 2. The molecule has 298 valence electrons. The SMILES string of the molecule is CCCCC/C=C\C/C=C\C/C=C\CCCCC(=O)OC[C@H](COP(=O)(O)OCCN)OC(=O)CCCCCCCCCCCCCCCCC.